The van der Waals surface area contributed by atoms with Crippen LogP contribution in [0, 0.1) is 13.8 Å². The average molecular weight is 333 g/mol. The summed E-state index contributed by atoms with van der Waals surface area (Å²) in [4.78, 5) is 16.3. The summed E-state index contributed by atoms with van der Waals surface area (Å²) in [5.41, 5.74) is 4.12. The Morgan fingerprint density at radius 1 is 1.08 bits per heavy atom. The Kier molecular flexibility index (Phi) is 5.04. The van der Waals surface area contributed by atoms with E-state index in [2.05, 4.69) is 15.5 Å². The van der Waals surface area contributed by atoms with E-state index in [0.29, 0.717) is 11.7 Å². The predicted molar refractivity (Wildman–Crippen MR) is 97.9 cm³/mol. The summed E-state index contributed by atoms with van der Waals surface area (Å²) in [6.07, 6.45) is 3.68. The topological polar surface area (TPSA) is 68.0 Å². The molecule has 0 radical (unpaired) electrons. The first kappa shape index (κ1) is 16.6. The molecule has 0 saturated heterocycles. The first-order valence-electron chi connectivity index (χ1n) is 8.03. The molecule has 1 amide bonds. The fraction of sp³-hybridized carbons (Fsp3) is 0.150. The lowest BCUT2D eigenvalue weighted by molar-refractivity contribution is -0.115. The molecule has 0 aliphatic rings. The van der Waals surface area contributed by atoms with Crippen molar-refractivity contribution in [2.75, 3.05) is 5.32 Å². The molecule has 0 bridgehead atoms. The fourth-order valence-corrected chi connectivity index (χ4v) is 2.31. The van der Waals surface area contributed by atoms with Crippen LogP contribution in [0.15, 0.2) is 53.1 Å². The van der Waals surface area contributed by atoms with Crippen LogP contribution < -0.4 is 5.32 Å². The Bertz CT molecular complexity index is 898. The third-order valence-electron chi connectivity index (χ3n) is 3.81. The van der Waals surface area contributed by atoms with Crippen LogP contribution in [0.1, 0.15) is 28.4 Å². The number of aryl methyl sites for hydroxylation is 2. The molecule has 25 heavy (non-hydrogen) atoms. The molecule has 0 unspecified atom stereocenters. The monoisotopic (exact) mass is 333 g/mol. The van der Waals surface area contributed by atoms with Crippen molar-refractivity contribution < 1.29 is 9.32 Å². The van der Waals surface area contributed by atoms with Gasteiger partial charge in [-0.05, 0) is 48.7 Å². The SMILES string of the molecule is Cc1ccc(NC(=O)Cc2noc(/C=C/c3ccccc3)n2)cc1C. The molecule has 0 aliphatic heterocycles. The Morgan fingerprint density at radius 3 is 2.64 bits per heavy atom. The van der Waals surface area contributed by atoms with Crippen molar-refractivity contribution >= 4 is 23.7 Å². The maximum Gasteiger partial charge on any atom is 0.250 e. The van der Waals surface area contributed by atoms with E-state index in [-0.39, 0.29) is 12.3 Å². The molecule has 1 heterocycles. The van der Waals surface area contributed by atoms with E-state index in [0.717, 1.165) is 16.8 Å². The quantitative estimate of drug-likeness (QED) is 0.765. The van der Waals surface area contributed by atoms with Crippen molar-refractivity contribution in [2.24, 2.45) is 0 Å². The number of hydrogen-bond acceptors (Lipinski definition) is 4. The Balaban J connectivity index is 1.60. The van der Waals surface area contributed by atoms with Crippen LogP contribution in [0.25, 0.3) is 12.2 Å². The molecular formula is C20H19N3O2. The maximum absolute atomic E-state index is 12.1. The molecule has 3 rings (SSSR count). The van der Waals surface area contributed by atoms with Crippen molar-refractivity contribution in [3.8, 4) is 0 Å². The van der Waals surface area contributed by atoms with Gasteiger partial charge in [-0.2, -0.15) is 4.98 Å². The van der Waals surface area contributed by atoms with E-state index in [1.165, 1.54) is 5.56 Å². The molecule has 1 aromatic heterocycles. The molecule has 5 nitrogen and oxygen atoms in total. The minimum absolute atomic E-state index is 0.0651. The van der Waals surface area contributed by atoms with E-state index in [1.54, 1.807) is 6.08 Å². The zero-order valence-electron chi connectivity index (χ0n) is 14.2. The molecule has 0 spiro atoms. The summed E-state index contributed by atoms with van der Waals surface area (Å²) in [7, 11) is 0. The van der Waals surface area contributed by atoms with Crippen LogP contribution in [0.4, 0.5) is 5.69 Å². The molecule has 0 atom stereocenters. The van der Waals surface area contributed by atoms with E-state index in [4.69, 9.17) is 4.52 Å². The van der Waals surface area contributed by atoms with Crippen LogP contribution >= 0.6 is 0 Å². The molecule has 0 fully saturated rings. The molecule has 3 aromatic rings. The van der Waals surface area contributed by atoms with Crippen molar-refractivity contribution in [3.05, 3.63) is 76.9 Å². The van der Waals surface area contributed by atoms with Crippen molar-refractivity contribution in [1.82, 2.24) is 10.1 Å². The summed E-state index contributed by atoms with van der Waals surface area (Å²) in [5.74, 6) is 0.550. The van der Waals surface area contributed by atoms with Gasteiger partial charge in [0.05, 0.1) is 6.42 Å². The van der Waals surface area contributed by atoms with Gasteiger partial charge in [0.1, 0.15) is 0 Å². The molecule has 1 N–H and O–H groups in total. The number of nitrogens with zero attached hydrogens (tertiary/aromatic N) is 2. The van der Waals surface area contributed by atoms with Gasteiger partial charge in [-0.25, -0.2) is 0 Å². The number of aromatic nitrogens is 2. The number of anilines is 1. The Labute approximate surface area is 146 Å². The van der Waals surface area contributed by atoms with Gasteiger partial charge >= 0.3 is 0 Å². The van der Waals surface area contributed by atoms with Gasteiger partial charge in [-0.15, -0.1) is 0 Å². The number of nitrogens with one attached hydrogen (secondary N) is 1. The summed E-state index contributed by atoms with van der Waals surface area (Å²) >= 11 is 0. The second kappa shape index (κ2) is 7.57. The van der Waals surface area contributed by atoms with Gasteiger partial charge in [0, 0.05) is 11.8 Å². The number of benzene rings is 2. The largest absolute Gasteiger partial charge is 0.335 e. The summed E-state index contributed by atoms with van der Waals surface area (Å²) in [6, 6.07) is 15.6. The lowest BCUT2D eigenvalue weighted by atomic mass is 10.1. The van der Waals surface area contributed by atoms with Crippen LogP contribution in [-0.4, -0.2) is 16.0 Å². The standard InChI is InChI=1S/C20H19N3O2/c1-14-8-10-17(12-15(14)2)21-19(24)13-18-22-20(25-23-18)11-9-16-6-4-3-5-7-16/h3-12H,13H2,1-2H3,(H,21,24)/b11-9+. The van der Waals surface area contributed by atoms with Gasteiger partial charge in [0.2, 0.25) is 5.91 Å². The highest BCUT2D eigenvalue weighted by Gasteiger charge is 2.10. The van der Waals surface area contributed by atoms with Crippen LogP contribution in [-0.2, 0) is 11.2 Å². The van der Waals surface area contributed by atoms with Crippen LogP contribution in [0.2, 0.25) is 0 Å². The summed E-state index contributed by atoms with van der Waals surface area (Å²) in [5, 5.41) is 6.69. The first-order valence-corrected chi connectivity index (χ1v) is 8.03. The highest BCUT2D eigenvalue weighted by Crippen LogP contribution is 2.14. The third kappa shape index (κ3) is 4.64. The normalized spacial score (nSPS) is 11.0. The number of hydrogen-bond donors (Lipinski definition) is 1. The summed E-state index contributed by atoms with van der Waals surface area (Å²) < 4.78 is 5.14. The fourth-order valence-electron chi connectivity index (χ4n) is 2.31. The van der Waals surface area contributed by atoms with E-state index < -0.39 is 0 Å². The van der Waals surface area contributed by atoms with Gasteiger partial charge in [0.15, 0.2) is 5.82 Å². The number of carbonyl (C=O) groups excluding carboxylic acids is 1. The van der Waals surface area contributed by atoms with Gasteiger partial charge in [-0.1, -0.05) is 41.6 Å². The molecule has 126 valence electrons. The van der Waals surface area contributed by atoms with Crippen molar-refractivity contribution in [2.45, 2.75) is 20.3 Å². The highest BCUT2D eigenvalue weighted by molar-refractivity contribution is 5.91. The predicted octanol–water partition coefficient (Wildman–Crippen LogP) is 4.04. The zero-order chi connectivity index (χ0) is 17.6. The van der Waals surface area contributed by atoms with Gasteiger partial charge in [0.25, 0.3) is 5.89 Å². The van der Waals surface area contributed by atoms with Gasteiger partial charge in [-0.3, -0.25) is 4.79 Å². The minimum Gasteiger partial charge on any atom is -0.335 e. The average Bonchev–Trinajstić information content (AvgIpc) is 3.04. The second-order valence-corrected chi connectivity index (χ2v) is 5.82. The lowest BCUT2D eigenvalue weighted by Crippen LogP contribution is -2.15. The minimum atomic E-state index is -0.178. The number of amides is 1. The first-order chi connectivity index (χ1) is 12.1. The summed E-state index contributed by atoms with van der Waals surface area (Å²) in [6.45, 7) is 4.04. The van der Waals surface area contributed by atoms with E-state index in [9.17, 15) is 4.79 Å². The zero-order valence-corrected chi connectivity index (χ0v) is 14.2. The Morgan fingerprint density at radius 2 is 1.88 bits per heavy atom. The van der Waals surface area contributed by atoms with Crippen molar-refractivity contribution in [1.29, 1.82) is 0 Å². The van der Waals surface area contributed by atoms with Crippen LogP contribution in [0.5, 0.6) is 0 Å². The van der Waals surface area contributed by atoms with E-state index in [1.807, 2.05) is 68.5 Å². The molecule has 2 aromatic carbocycles. The Hall–Kier alpha value is -3.21. The smallest absolute Gasteiger partial charge is 0.250 e. The second-order valence-electron chi connectivity index (χ2n) is 5.82. The molecule has 0 aliphatic carbocycles. The van der Waals surface area contributed by atoms with Gasteiger partial charge < -0.3 is 9.84 Å². The number of rotatable bonds is 5. The molecule has 5 heteroatoms. The highest BCUT2D eigenvalue weighted by atomic mass is 16.5. The maximum atomic E-state index is 12.1. The number of carbonyl (C=O) groups is 1. The molecular weight excluding hydrogens is 314 g/mol. The molecule has 0 saturated carbocycles. The van der Waals surface area contributed by atoms with E-state index >= 15 is 0 Å². The van der Waals surface area contributed by atoms with Crippen LogP contribution in [0.3, 0.4) is 0 Å². The lowest BCUT2D eigenvalue weighted by Gasteiger charge is -2.06. The third-order valence-corrected chi connectivity index (χ3v) is 3.81. The van der Waals surface area contributed by atoms with Crippen molar-refractivity contribution in [3.63, 3.8) is 0 Å².